The number of halogens is 1. The Labute approximate surface area is 111 Å². The lowest BCUT2D eigenvalue weighted by molar-refractivity contribution is 0.247. The molecule has 0 saturated heterocycles. The maximum atomic E-state index is 12.9. The second kappa shape index (κ2) is 7.52. The largest absolute Gasteiger partial charge is 0.316 e. The number of hydrogen-bond donors (Lipinski definition) is 1. The average molecular weight is 251 g/mol. The van der Waals surface area contributed by atoms with Crippen LogP contribution in [0.2, 0.25) is 0 Å². The maximum Gasteiger partial charge on any atom is 0.123 e. The highest BCUT2D eigenvalue weighted by Gasteiger charge is 2.25. The Bertz CT molecular complexity index is 327. The van der Waals surface area contributed by atoms with Gasteiger partial charge < -0.3 is 5.32 Å². The first-order valence-electron chi connectivity index (χ1n) is 7.11. The van der Waals surface area contributed by atoms with E-state index in [1.807, 2.05) is 12.1 Å². The minimum atomic E-state index is -0.151. The van der Waals surface area contributed by atoms with E-state index in [4.69, 9.17) is 0 Å². The molecule has 102 valence electrons. The predicted octanol–water partition coefficient (Wildman–Crippen LogP) is 4.17. The topological polar surface area (TPSA) is 12.0 Å². The van der Waals surface area contributed by atoms with E-state index < -0.39 is 0 Å². The van der Waals surface area contributed by atoms with Crippen LogP contribution in [0, 0.1) is 11.2 Å². The van der Waals surface area contributed by atoms with E-state index in [-0.39, 0.29) is 5.82 Å². The highest BCUT2D eigenvalue weighted by Crippen LogP contribution is 2.30. The van der Waals surface area contributed by atoms with Gasteiger partial charge in [-0.3, -0.25) is 0 Å². The van der Waals surface area contributed by atoms with Crippen LogP contribution in [0.5, 0.6) is 0 Å². The molecule has 1 rings (SSSR count). The molecular weight excluding hydrogens is 225 g/mol. The number of nitrogens with one attached hydrogen (secondary N) is 1. The van der Waals surface area contributed by atoms with Crippen molar-refractivity contribution in [3.8, 4) is 0 Å². The van der Waals surface area contributed by atoms with Crippen LogP contribution in [0.1, 0.15) is 45.6 Å². The van der Waals surface area contributed by atoms with E-state index in [1.165, 1.54) is 12.0 Å². The summed E-state index contributed by atoms with van der Waals surface area (Å²) in [7, 11) is 0. The molecule has 0 fully saturated rings. The summed E-state index contributed by atoms with van der Waals surface area (Å²) >= 11 is 0. The number of rotatable bonds is 8. The number of benzene rings is 1. The summed E-state index contributed by atoms with van der Waals surface area (Å²) in [6.07, 6.45) is 4.49. The summed E-state index contributed by atoms with van der Waals surface area (Å²) < 4.78 is 12.9. The van der Waals surface area contributed by atoms with Gasteiger partial charge in [-0.15, -0.1) is 0 Å². The van der Waals surface area contributed by atoms with Crippen LogP contribution >= 0.6 is 0 Å². The van der Waals surface area contributed by atoms with Crippen molar-refractivity contribution < 1.29 is 4.39 Å². The molecule has 1 aromatic carbocycles. The molecule has 1 nitrogen and oxygen atoms in total. The Morgan fingerprint density at radius 1 is 1.06 bits per heavy atom. The third-order valence-corrected chi connectivity index (χ3v) is 3.92. The first-order valence-corrected chi connectivity index (χ1v) is 7.11. The molecule has 0 spiro atoms. The first kappa shape index (κ1) is 15.2. The van der Waals surface area contributed by atoms with Gasteiger partial charge in [-0.2, -0.15) is 0 Å². The van der Waals surface area contributed by atoms with Gasteiger partial charge in [0.05, 0.1) is 0 Å². The van der Waals surface area contributed by atoms with Crippen LogP contribution in [0.3, 0.4) is 0 Å². The third-order valence-electron chi connectivity index (χ3n) is 3.92. The lowest BCUT2D eigenvalue weighted by atomic mass is 9.77. The van der Waals surface area contributed by atoms with Crippen LogP contribution in [0.4, 0.5) is 4.39 Å². The summed E-state index contributed by atoms with van der Waals surface area (Å²) in [4.78, 5) is 0. The van der Waals surface area contributed by atoms with Crippen molar-refractivity contribution >= 4 is 0 Å². The van der Waals surface area contributed by atoms with Gasteiger partial charge in [-0.1, -0.05) is 32.9 Å². The Kier molecular flexibility index (Phi) is 6.34. The van der Waals surface area contributed by atoms with Crippen molar-refractivity contribution in [1.29, 1.82) is 0 Å². The van der Waals surface area contributed by atoms with Gasteiger partial charge >= 0.3 is 0 Å². The summed E-state index contributed by atoms with van der Waals surface area (Å²) in [5.41, 5.74) is 1.53. The highest BCUT2D eigenvalue weighted by molar-refractivity contribution is 5.18. The molecule has 0 radical (unpaired) electrons. The van der Waals surface area contributed by atoms with Gasteiger partial charge in [0, 0.05) is 6.54 Å². The molecule has 1 N–H and O–H groups in total. The van der Waals surface area contributed by atoms with Crippen molar-refractivity contribution in [2.75, 3.05) is 13.1 Å². The maximum absolute atomic E-state index is 12.9. The summed E-state index contributed by atoms with van der Waals surface area (Å²) in [5, 5.41) is 3.54. The average Bonchev–Trinajstić information content (AvgIpc) is 2.40. The molecule has 0 aliphatic heterocycles. The third kappa shape index (κ3) is 4.41. The fraction of sp³-hybridized carbons (Fsp3) is 0.625. The zero-order valence-corrected chi connectivity index (χ0v) is 11.9. The van der Waals surface area contributed by atoms with Crippen molar-refractivity contribution in [3.05, 3.63) is 35.6 Å². The summed E-state index contributed by atoms with van der Waals surface area (Å²) in [6, 6.07) is 6.94. The Morgan fingerprint density at radius 3 is 2.17 bits per heavy atom. The van der Waals surface area contributed by atoms with Crippen LogP contribution in [0.25, 0.3) is 0 Å². The SMILES string of the molecule is CCCNCC(CC)(CC)Cc1ccc(F)cc1. The molecule has 0 aliphatic rings. The van der Waals surface area contributed by atoms with Crippen LogP contribution in [0.15, 0.2) is 24.3 Å². The van der Waals surface area contributed by atoms with Gasteiger partial charge in [0.1, 0.15) is 5.82 Å². The van der Waals surface area contributed by atoms with Crippen LogP contribution < -0.4 is 5.32 Å². The molecule has 0 heterocycles. The van der Waals surface area contributed by atoms with E-state index in [9.17, 15) is 4.39 Å². The standard InChI is InChI=1S/C16H26FN/c1-4-11-18-13-16(5-2,6-3)12-14-7-9-15(17)10-8-14/h7-10,18H,4-6,11-13H2,1-3H3. The van der Waals surface area contributed by atoms with Gasteiger partial charge in [0.2, 0.25) is 0 Å². The van der Waals surface area contributed by atoms with Crippen molar-refractivity contribution in [2.24, 2.45) is 5.41 Å². The van der Waals surface area contributed by atoms with Crippen LogP contribution in [-0.2, 0) is 6.42 Å². The van der Waals surface area contributed by atoms with Gasteiger partial charge in [-0.25, -0.2) is 4.39 Å². The second-order valence-corrected chi connectivity index (χ2v) is 5.19. The summed E-state index contributed by atoms with van der Waals surface area (Å²) in [5.74, 6) is -0.151. The van der Waals surface area contributed by atoms with Crippen LogP contribution in [-0.4, -0.2) is 13.1 Å². The Morgan fingerprint density at radius 2 is 1.67 bits per heavy atom. The smallest absolute Gasteiger partial charge is 0.123 e. The fourth-order valence-electron chi connectivity index (χ4n) is 2.38. The highest BCUT2D eigenvalue weighted by atomic mass is 19.1. The van der Waals surface area contributed by atoms with Crippen molar-refractivity contribution in [2.45, 2.75) is 46.5 Å². The predicted molar refractivity (Wildman–Crippen MR) is 76.3 cm³/mol. The van der Waals surface area contributed by atoms with Crippen molar-refractivity contribution in [3.63, 3.8) is 0 Å². The second-order valence-electron chi connectivity index (χ2n) is 5.19. The fourth-order valence-corrected chi connectivity index (χ4v) is 2.38. The quantitative estimate of drug-likeness (QED) is 0.684. The molecule has 1 aromatic rings. The molecule has 2 heteroatoms. The molecule has 0 amide bonds. The van der Waals surface area contributed by atoms with Crippen molar-refractivity contribution in [1.82, 2.24) is 5.32 Å². The Balaban J connectivity index is 2.68. The summed E-state index contributed by atoms with van der Waals surface area (Å²) in [6.45, 7) is 8.81. The first-order chi connectivity index (χ1) is 8.65. The molecule has 0 aromatic heterocycles. The molecule has 0 aliphatic carbocycles. The molecule has 0 bridgehead atoms. The lowest BCUT2D eigenvalue weighted by Gasteiger charge is -2.32. The van der Waals surface area contributed by atoms with Gasteiger partial charge in [0.15, 0.2) is 0 Å². The molecular formula is C16H26FN. The van der Waals surface area contributed by atoms with E-state index in [1.54, 1.807) is 12.1 Å². The normalized spacial score (nSPS) is 11.8. The number of hydrogen-bond acceptors (Lipinski definition) is 1. The monoisotopic (exact) mass is 251 g/mol. The minimum Gasteiger partial charge on any atom is -0.316 e. The molecule has 0 unspecified atom stereocenters. The molecule has 0 atom stereocenters. The minimum absolute atomic E-state index is 0.151. The zero-order valence-electron chi connectivity index (χ0n) is 11.9. The molecule has 0 saturated carbocycles. The zero-order chi connectivity index (χ0) is 13.4. The van der Waals surface area contributed by atoms with E-state index in [0.717, 1.165) is 32.4 Å². The Hall–Kier alpha value is -0.890. The lowest BCUT2D eigenvalue weighted by Crippen LogP contribution is -2.35. The molecule has 18 heavy (non-hydrogen) atoms. The van der Waals surface area contributed by atoms with Gasteiger partial charge in [-0.05, 0) is 55.3 Å². The van der Waals surface area contributed by atoms with E-state index in [2.05, 4.69) is 26.1 Å². The van der Waals surface area contributed by atoms with E-state index >= 15 is 0 Å². The van der Waals surface area contributed by atoms with E-state index in [0.29, 0.717) is 5.41 Å². The van der Waals surface area contributed by atoms with Gasteiger partial charge in [0.25, 0.3) is 0 Å².